The van der Waals surface area contributed by atoms with Crippen molar-refractivity contribution in [3.05, 3.63) is 23.9 Å². The molecule has 112 valence electrons. The first-order valence-corrected chi connectivity index (χ1v) is 7.99. The van der Waals surface area contributed by atoms with Crippen LogP contribution in [-0.4, -0.2) is 24.1 Å². The molecule has 0 bridgehead atoms. The lowest BCUT2D eigenvalue weighted by molar-refractivity contribution is 0.387. The molecule has 0 saturated carbocycles. The van der Waals surface area contributed by atoms with Gasteiger partial charge in [0.25, 0.3) is 0 Å². The molecule has 2 unspecified atom stereocenters. The smallest absolute Gasteiger partial charge is 0.133 e. The second-order valence-electron chi connectivity index (χ2n) is 6.69. The van der Waals surface area contributed by atoms with Gasteiger partial charge in [-0.15, -0.1) is 0 Å². The molecule has 0 radical (unpaired) electrons. The number of anilines is 1. The Bertz CT molecular complexity index is 416. The maximum absolute atomic E-state index is 4.67. The molecular weight excluding hydrogens is 246 g/mol. The van der Waals surface area contributed by atoms with E-state index in [4.69, 9.17) is 0 Å². The normalized spacial score (nSPS) is 23.4. The van der Waals surface area contributed by atoms with Gasteiger partial charge in [0, 0.05) is 30.9 Å². The van der Waals surface area contributed by atoms with Crippen LogP contribution in [0.4, 0.5) is 5.82 Å². The third-order valence-electron chi connectivity index (χ3n) is 4.13. The molecule has 2 rings (SSSR count). The monoisotopic (exact) mass is 275 g/mol. The van der Waals surface area contributed by atoms with Crippen molar-refractivity contribution in [2.24, 2.45) is 11.8 Å². The summed E-state index contributed by atoms with van der Waals surface area (Å²) in [7, 11) is 0. The van der Waals surface area contributed by atoms with Gasteiger partial charge in [-0.2, -0.15) is 0 Å². The summed E-state index contributed by atoms with van der Waals surface area (Å²) in [6.07, 6.45) is 4.54. The Morgan fingerprint density at radius 3 is 2.90 bits per heavy atom. The van der Waals surface area contributed by atoms with E-state index in [0.29, 0.717) is 12.0 Å². The SMILES string of the molecule is CC(C)CNCc1cccnc1N1CC(C)CCC1C. The molecule has 0 aliphatic carbocycles. The van der Waals surface area contributed by atoms with Crippen LogP contribution in [0, 0.1) is 11.8 Å². The number of nitrogens with zero attached hydrogens (tertiary/aromatic N) is 2. The predicted octanol–water partition coefficient (Wildman–Crippen LogP) is 3.45. The lowest BCUT2D eigenvalue weighted by atomic mass is 9.94. The van der Waals surface area contributed by atoms with Gasteiger partial charge < -0.3 is 10.2 Å². The fraction of sp³-hybridized carbons (Fsp3) is 0.706. The summed E-state index contributed by atoms with van der Waals surface area (Å²) in [4.78, 5) is 7.17. The highest BCUT2D eigenvalue weighted by Gasteiger charge is 2.25. The molecule has 1 N–H and O–H groups in total. The van der Waals surface area contributed by atoms with Gasteiger partial charge in [0.1, 0.15) is 5.82 Å². The van der Waals surface area contributed by atoms with Crippen LogP contribution in [0.1, 0.15) is 46.1 Å². The van der Waals surface area contributed by atoms with Gasteiger partial charge in [0.2, 0.25) is 0 Å². The molecule has 1 saturated heterocycles. The minimum atomic E-state index is 0.602. The molecule has 0 spiro atoms. The quantitative estimate of drug-likeness (QED) is 0.892. The average molecular weight is 275 g/mol. The maximum atomic E-state index is 4.67. The third-order valence-corrected chi connectivity index (χ3v) is 4.13. The molecule has 0 aromatic carbocycles. The van der Waals surface area contributed by atoms with E-state index in [-0.39, 0.29) is 0 Å². The Morgan fingerprint density at radius 2 is 2.15 bits per heavy atom. The third kappa shape index (κ3) is 3.95. The second kappa shape index (κ2) is 7.07. The minimum absolute atomic E-state index is 0.602. The van der Waals surface area contributed by atoms with Crippen molar-refractivity contribution in [1.29, 1.82) is 0 Å². The summed E-state index contributed by atoms with van der Waals surface area (Å²) in [5.41, 5.74) is 1.33. The highest BCUT2D eigenvalue weighted by Crippen LogP contribution is 2.28. The van der Waals surface area contributed by atoms with Crippen LogP contribution in [0.2, 0.25) is 0 Å². The van der Waals surface area contributed by atoms with Crippen LogP contribution >= 0.6 is 0 Å². The zero-order valence-corrected chi connectivity index (χ0v) is 13.4. The summed E-state index contributed by atoms with van der Waals surface area (Å²) in [5.74, 6) is 2.64. The second-order valence-corrected chi connectivity index (χ2v) is 6.69. The molecule has 3 heteroatoms. The standard InChI is InChI=1S/C17H29N3/c1-13(2)10-18-11-16-6-5-9-19-17(16)20-12-14(3)7-8-15(20)4/h5-6,9,13-15,18H,7-8,10-12H2,1-4H3. The number of hydrogen-bond acceptors (Lipinski definition) is 3. The van der Waals surface area contributed by atoms with Gasteiger partial charge in [-0.05, 0) is 44.2 Å². The Kier molecular flexibility index (Phi) is 5.41. The fourth-order valence-electron chi connectivity index (χ4n) is 2.91. The zero-order chi connectivity index (χ0) is 14.5. The fourth-order valence-corrected chi connectivity index (χ4v) is 2.91. The molecule has 0 amide bonds. The molecule has 1 aromatic heterocycles. The van der Waals surface area contributed by atoms with Crippen molar-refractivity contribution in [2.75, 3.05) is 18.0 Å². The van der Waals surface area contributed by atoms with Crippen LogP contribution in [0.15, 0.2) is 18.3 Å². The molecular formula is C17H29N3. The average Bonchev–Trinajstić information content (AvgIpc) is 2.42. The zero-order valence-electron chi connectivity index (χ0n) is 13.4. The van der Waals surface area contributed by atoms with Crippen molar-refractivity contribution in [3.8, 4) is 0 Å². The Morgan fingerprint density at radius 1 is 1.35 bits per heavy atom. The Balaban J connectivity index is 2.10. The van der Waals surface area contributed by atoms with Crippen molar-refractivity contribution in [2.45, 2.75) is 53.1 Å². The summed E-state index contributed by atoms with van der Waals surface area (Å²) >= 11 is 0. The maximum Gasteiger partial charge on any atom is 0.133 e. The van der Waals surface area contributed by atoms with E-state index in [1.54, 1.807) is 0 Å². The van der Waals surface area contributed by atoms with Gasteiger partial charge in [-0.25, -0.2) is 4.98 Å². The molecule has 2 atom stereocenters. The lowest BCUT2D eigenvalue weighted by Gasteiger charge is -2.38. The first-order chi connectivity index (χ1) is 9.58. The van der Waals surface area contributed by atoms with Crippen LogP contribution < -0.4 is 10.2 Å². The number of nitrogens with one attached hydrogen (secondary N) is 1. The van der Waals surface area contributed by atoms with E-state index in [1.807, 2.05) is 12.3 Å². The predicted molar refractivity (Wildman–Crippen MR) is 86.0 cm³/mol. The highest BCUT2D eigenvalue weighted by atomic mass is 15.2. The van der Waals surface area contributed by atoms with Crippen LogP contribution in [-0.2, 0) is 6.54 Å². The summed E-state index contributed by atoms with van der Waals surface area (Å²) in [6.45, 7) is 12.3. The summed E-state index contributed by atoms with van der Waals surface area (Å²) in [6, 6.07) is 4.86. The summed E-state index contributed by atoms with van der Waals surface area (Å²) in [5, 5.41) is 3.54. The van der Waals surface area contributed by atoms with E-state index in [1.165, 1.54) is 24.2 Å². The van der Waals surface area contributed by atoms with E-state index >= 15 is 0 Å². The largest absolute Gasteiger partial charge is 0.353 e. The number of piperidine rings is 1. The topological polar surface area (TPSA) is 28.2 Å². The van der Waals surface area contributed by atoms with Crippen LogP contribution in [0.25, 0.3) is 0 Å². The summed E-state index contributed by atoms with van der Waals surface area (Å²) < 4.78 is 0. The van der Waals surface area contributed by atoms with Crippen molar-refractivity contribution >= 4 is 5.82 Å². The van der Waals surface area contributed by atoms with Gasteiger partial charge in [-0.1, -0.05) is 26.8 Å². The van der Waals surface area contributed by atoms with Crippen LogP contribution in [0.5, 0.6) is 0 Å². The van der Waals surface area contributed by atoms with Crippen molar-refractivity contribution in [3.63, 3.8) is 0 Å². The molecule has 1 aliphatic heterocycles. The first-order valence-electron chi connectivity index (χ1n) is 7.99. The minimum Gasteiger partial charge on any atom is -0.353 e. The van der Waals surface area contributed by atoms with Crippen molar-refractivity contribution in [1.82, 2.24) is 10.3 Å². The molecule has 1 aliphatic rings. The molecule has 20 heavy (non-hydrogen) atoms. The number of pyridine rings is 1. The van der Waals surface area contributed by atoms with E-state index in [0.717, 1.165) is 25.6 Å². The number of rotatable bonds is 5. The van der Waals surface area contributed by atoms with Gasteiger partial charge in [0.15, 0.2) is 0 Å². The van der Waals surface area contributed by atoms with Gasteiger partial charge in [0.05, 0.1) is 0 Å². The van der Waals surface area contributed by atoms with Gasteiger partial charge >= 0.3 is 0 Å². The molecule has 3 nitrogen and oxygen atoms in total. The van der Waals surface area contributed by atoms with E-state index in [9.17, 15) is 0 Å². The van der Waals surface area contributed by atoms with E-state index in [2.05, 4.69) is 49.0 Å². The van der Waals surface area contributed by atoms with Gasteiger partial charge in [-0.3, -0.25) is 0 Å². The molecule has 1 aromatic rings. The van der Waals surface area contributed by atoms with E-state index < -0.39 is 0 Å². The number of aromatic nitrogens is 1. The lowest BCUT2D eigenvalue weighted by Crippen LogP contribution is -2.42. The van der Waals surface area contributed by atoms with Crippen molar-refractivity contribution < 1.29 is 0 Å². The Labute approximate surface area is 123 Å². The van der Waals surface area contributed by atoms with Crippen LogP contribution in [0.3, 0.4) is 0 Å². The molecule has 2 heterocycles. The highest BCUT2D eigenvalue weighted by molar-refractivity contribution is 5.48. The number of hydrogen-bond donors (Lipinski definition) is 1. The Hall–Kier alpha value is -1.09. The first kappa shape index (κ1) is 15.3. The molecule has 1 fully saturated rings.